The fraction of sp³-hybridized carbons (Fsp3) is 0.308. The lowest BCUT2D eigenvalue weighted by molar-refractivity contribution is 0.466. The molecule has 2 aromatic heterocycles. The summed E-state index contributed by atoms with van der Waals surface area (Å²) in [6, 6.07) is 6.40. The van der Waals surface area contributed by atoms with Crippen molar-refractivity contribution in [3.63, 3.8) is 0 Å². The highest BCUT2D eigenvalue weighted by Crippen LogP contribution is 2.23. The van der Waals surface area contributed by atoms with Gasteiger partial charge in [-0.2, -0.15) is 0 Å². The minimum absolute atomic E-state index is 0.451. The molecule has 0 amide bonds. The first-order valence-corrected chi connectivity index (χ1v) is 5.47. The lowest BCUT2D eigenvalue weighted by Crippen LogP contribution is -2.21. The number of furan rings is 1. The van der Waals surface area contributed by atoms with E-state index in [9.17, 15) is 0 Å². The predicted molar refractivity (Wildman–Crippen MR) is 63.9 cm³/mol. The van der Waals surface area contributed by atoms with Crippen LogP contribution in [0.3, 0.4) is 0 Å². The van der Waals surface area contributed by atoms with E-state index in [4.69, 9.17) is 4.42 Å². The third-order valence-corrected chi connectivity index (χ3v) is 2.39. The molecule has 0 atom stereocenters. The van der Waals surface area contributed by atoms with Crippen LogP contribution in [0, 0.1) is 0 Å². The van der Waals surface area contributed by atoms with Crippen molar-refractivity contribution in [2.24, 2.45) is 0 Å². The maximum Gasteiger partial charge on any atom is 0.125 e. The molecule has 3 nitrogen and oxygen atoms in total. The van der Waals surface area contributed by atoms with Gasteiger partial charge in [-0.1, -0.05) is 19.9 Å². The minimum Gasteiger partial charge on any atom is -0.467 e. The molecular formula is C13H16N2O. The van der Waals surface area contributed by atoms with Crippen molar-refractivity contribution in [1.82, 2.24) is 10.3 Å². The number of nitrogens with zero attached hydrogens (tertiary/aromatic N) is 1. The second-order valence-electron chi connectivity index (χ2n) is 4.03. The molecule has 0 unspecified atom stereocenters. The number of rotatable bonds is 4. The normalized spacial score (nSPS) is 10.9. The van der Waals surface area contributed by atoms with E-state index in [-0.39, 0.29) is 0 Å². The first-order valence-electron chi connectivity index (χ1n) is 5.47. The van der Waals surface area contributed by atoms with Crippen LogP contribution in [0.25, 0.3) is 11.1 Å². The molecule has 0 radical (unpaired) electrons. The minimum atomic E-state index is 0.451. The Morgan fingerprint density at radius 2 is 2.25 bits per heavy atom. The summed E-state index contributed by atoms with van der Waals surface area (Å²) in [5, 5.41) is 3.34. The summed E-state index contributed by atoms with van der Waals surface area (Å²) in [5.74, 6) is 0.960. The van der Waals surface area contributed by atoms with Gasteiger partial charge in [-0.3, -0.25) is 4.98 Å². The van der Waals surface area contributed by atoms with Gasteiger partial charge < -0.3 is 9.73 Å². The predicted octanol–water partition coefficient (Wildman–Crippen LogP) is 2.84. The van der Waals surface area contributed by atoms with E-state index in [2.05, 4.69) is 24.1 Å². The van der Waals surface area contributed by atoms with Gasteiger partial charge in [-0.15, -0.1) is 0 Å². The maximum atomic E-state index is 5.48. The Hall–Kier alpha value is -1.61. The highest BCUT2D eigenvalue weighted by molar-refractivity contribution is 5.64. The highest BCUT2D eigenvalue weighted by atomic mass is 16.3. The summed E-state index contributed by atoms with van der Waals surface area (Å²) >= 11 is 0. The molecule has 0 bridgehead atoms. The van der Waals surface area contributed by atoms with Crippen LogP contribution >= 0.6 is 0 Å². The first-order chi connectivity index (χ1) is 7.77. The van der Waals surface area contributed by atoms with E-state index in [0.717, 1.165) is 23.4 Å². The number of hydrogen-bond acceptors (Lipinski definition) is 3. The second kappa shape index (κ2) is 4.94. The standard InChI is InChI=1S/C13H16N2O/c1-10(2)15-9-13-12(5-7-16-13)11-4-3-6-14-8-11/h3-8,10,15H,9H2,1-2H3. The molecule has 16 heavy (non-hydrogen) atoms. The van der Waals surface area contributed by atoms with E-state index >= 15 is 0 Å². The molecule has 0 aliphatic heterocycles. The molecule has 0 aromatic carbocycles. The fourth-order valence-corrected chi connectivity index (χ4v) is 1.55. The van der Waals surface area contributed by atoms with Gasteiger partial charge in [0, 0.05) is 29.6 Å². The zero-order valence-corrected chi connectivity index (χ0v) is 9.60. The van der Waals surface area contributed by atoms with Gasteiger partial charge in [0.25, 0.3) is 0 Å². The van der Waals surface area contributed by atoms with E-state index in [0.29, 0.717) is 6.04 Å². The van der Waals surface area contributed by atoms with Crippen LogP contribution < -0.4 is 5.32 Å². The van der Waals surface area contributed by atoms with Crippen LogP contribution in [-0.2, 0) is 6.54 Å². The van der Waals surface area contributed by atoms with E-state index in [1.807, 2.05) is 24.4 Å². The topological polar surface area (TPSA) is 38.1 Å². The van der Waals surface area contributed by atoms with Crippen LogP contribution in [0.15, 0.2) is 41.3 Å². The molecule has 0 saturated heterocycles. The molecule has 0 aliphatic rings. The summed E-state index contributed by atoms with van der Waals surface area (Å²) in [6.45, 7) is 4.98. The van der Waals surface area contributed by atoms with E-state index < -0.39 is 0 Å². The van der Waals surface area contributed by atoms with Gasteiger partial charge in [0.1, 0.15) is 5.76 Å². The van der Waals surface area contributed by atoms with Crippen LogP contribution in [0.2, 0.25) is 0 Å². The lowest BCUT2D eigenvalue weighted by Gasteiger charge is -2.07. The molecule has 0 spiro atoms. The molecule has 0 saturated carbocycles. The zero-order valence-electron chi connectivity index (χ0n) is 9.60. The Kier molecular flexibility index (Phi) is 3.37. The van der Waals surface area contributed by atoms with Crippen molar-refractivity contribution in [2.75, 3.05) is 0 Å². The van der Waals surface area contributed by atoms with Crippen molar-refractivity contribution < 1.29 is 4.42 Å². The summed E-state index contributed by atoms with van der Waals surface area (Å²) in [7, 11) is 0. The number of hydrogen-bond donors (Lipinski definition) is 1. The highest BCUT2D eigenvalue weighted by Gasteiger charge is 2.08. The zero-order chi connectivity index (χ0) is 11.4. The SMILES string of the molecule is CC(C)NCc1occc1-c1cccnc1. The van der Waals surface area contributed by atoms with Gasteiger partial charge >= 0.3 is 0 Å². The van der Waals surface area contributed by atoms with Gasteiger partial charge in [0.2, 0.25) is 0 Å². The second-order valence-corrected chi connectivity index (χ2v) is 4.03. The third kappa shape index (κ3) is 2.49. The average Bonchev–Trinajstić information content (AvgIpc) is 2.75. The Balaban J connectivity index is 2.19. The summed E-state index contributed by atoms with van der Waals surface area (Å²) in [4.78, 5) is 4.11. The van der Waals surface area contributed by atoms with Crippen LogP contribution in [0.5, 0.6) is 0 Å². The molecule has 1 N–H and O–H groups in total. The summed E-state index contributed by atoms with van der Waals surface area (Å²) in [5.41, 5.74) is 2.21. The Morgan fingerprint density at radius 3 is 2.94 bits per heavy atom. The largest absolute Gasteiger partial charge is 0.467 e. The van der Waals surface area contributed by atoms with E-state index in [1.54, 1.807) is 12.5 Å². The molecule has 3 heteroatoms. The monoisotopic (exact) mass is 216 g/mol. The van der Waals surface area contributed by atoms with Crippen molar-refractivity contribution in [1.29, 1.82) is 0 Å². The van der Waals surface area contributed by atoms with Gasteiger partial charge in [0.05, 0.1) is 12.8 Å². The molecule has 2 heterocycles. The number of pyridine rings is 1. The van der Waals surface area contributed by atoms with Crippen molar-refractivity contribution in [3.05, 3.63) is 42.6 Å². The molecule has 2 aromatic rings. The molecule has 84 valence electrons. The maximum absolute atomic E-state index is 5.48. The number of aromatic nitrogens is 1. The van der Waals surface area contributed by atoms with Crippen LogP contribution in [0.4, 0.5) is 0 Å². The quantitative estimate of drug-likeness (QED) is 0.854. The first kappa shape index (κ1) is 10.9. The van der Waals surface area contributed by atoms with Crippen LogP contribution in [-0.4, -0.2) is 11.0 Å². The van der Waals surface area contributed by atoms with Crippen molar-refractivity contribution in [2.45, 2.75) is 26.4 Å². The fourth-order valence-electron chi connectivity index (χ4n) is 1.55. The molecule has 0 fully saturated rings. The number of nitrogens with one attached hydrogen (secondary N) is 1. The third-order valence-electron chi connectivity index (χ3n) is 2.39. The van der Waals surface area contributed by atoms with Gasteiger partial charge in [-0.05, 0) is 12.1 Å². The Morgan fingerprint density at radius 1 is 1.38 bits per heavy atom. The smallest absolute Gasteiger partial charge is 0.125 e. The Labute approximate surface area is 95.5 Å². The van der Waals surface area contributed by atoms with Gasteiger partial charge in [-0.25, -0.2) is 0 Å². The average molecular weight is 216 g/mol. The molecule has 0 aliphatic carbocycles. The Bertz CT molecular complexity index is 434. The molecule has 2 rings (SSSR count). The molecular weight excluding hydrogens is 200 g/mol. The van der Waals surface area contributed by atoms with Gasteiger partial charge in [0.15, 0.2) is 0 Å². The summed E-state index contributed by atoms with van der Waals surface area (Å²) in [6.07, 6.45) is 5.35. The summed E-state index contributed by atoms with van der Waals surface area (Å²) < 4.78 is 5.48. The lowest BCUT2D eigenvalue weighted by atomic mass is 10.1. The van der Waals surface area contributed by atoms with Crippen molar-refractivity contribution >= 4 is 0 Å². The van der Waals surface area contributed by atoms with E-state index in [1.165, 1.54) is 0 Å². The van der Waals surface area contributed by atoms with Crippen LogP contribution in [0.1, 0.15) is 19.6 Å². The van der Waals surface area contributed by atoms with Crippen molar-refractivity contribution in [3.8, 4) is 11.1 Å².